The molecule has 7 heteroatoms. The number of amides is 1. The summed E-state index contributed by atoms with van der Waals surface area (Å²) >= 11 is 0. The molecule has 154 valence electrons. The Labute approximate surface area is 172 Å². The predicted molar refractivity (Wildman–Crippen MR) is 113 cm³/mol. The molecule has 3 atom stereocenters. The Morgan fingerprint density at radius 1 is 1.36 bits per heavy atom. The number of hydrogen-bond acceptors (Lipinski definition) is 4. The maximum Gasteiger partial charge on any atom is 0.227 e. The normalized spacial score (nSPS) is 24.4. The standard InChI is InChI=1S/C21H29N3O3.ClH/c1-14-11-16-12-17(4-5-19(16)24(14)8-10-26-2)23-21(25)15-3-6-20-18(13-15)22-7-9-27-20;/h4-5,11-12,15,18,20,22H,3,6-10,13H2,1-2H3,(H,23,25);1H/t15-,18+,20+;/m0./s1. The molecular weight excluding hydrogens is 378 g/mol. The Balaban J connectivity index is 0.00000225. The van der Waals surface area contributed by atoms with E-state index in [1.165, 1.54) is 11.2 Å². The Kier molecular flexibility index (Phi) is 6.99. The molecule has 4 rings (SSSR count). The van der Waals surface area contributed by atoms with Crippen molar-refractivity contribution in [2.24, 2.45) is 5.92 Å². The van der Waals surface area contributed by atoms with Gasteiger partial charge in [-0.15, -0.1) is 12.4 Å². The highest BCUT2D eigenvalue weighted by Crippen LogP contribution is 2.30. The van der Waals surface area contributed by atoms with Crippen molar-refractivity contribution < 1.29 is 14.3 Å². The summed E-state index contributed by atoms with van der Waals surface area (Å²) < 4.78 is 13.3. The van der Waals surface area contributed by atoms with Crippen molar-refractivity contribution >= 4 is 34.9 Å². The van der Waals surface area contributed by atoms with E-state index in [2.05, 4.69) is 40.3 Å². The lowest BCUT2D eigenvalue weighted by Crippen LogP contribution is -2.52. The van der Waals surface area contributed by atoms with E-state index in [-0.39, 0.29) is 30.3 Å². The number of ether oxygens (including phenoxy) is 2. The van der Waals surface area contributed by atoms with Crippen LogP contribution in [0.4, 0.5) is 5.69 Å². The lowest BCUT2D eigenvalue weighted by atomic mass is 9.82. The Morgan fingerprint density at radius 3 is 3.04 bits per heavy atom. The summed E-state index contributed by atoms with van der Waals surface area (Å²) in [5, 5.41) is 7.78. The minimum absolute atomic E-state index is 0. The molecule has 1 saturated carbocycles. The fraction of sp³-hybridized carbons (Fsp3) is 0.571. The van der Waals surface area contributed by atoms with Crippen LogP contribution in [0.3, 0.4) is 0 Å². The molecule has 2 heterocycles. The molecule has 1 amide bonds. The average Bonchev–Trinajstić information content (AvgIpc) is 3.00. The lowest BCUT2D eigenvalue weighted by molar-refractivity contribution is -0.123. The number of carbonyl (C=O) groups is 1. The van der Waals surface area contributed by atoms with Gasteiger partial charge in [0.15, 0.2) is 0 Å². The van der Waals surface area contributed by atoms with Crippen LogP contribution in [0.1, 0.15) is 25.0 Å². The monoisotopic (exact) mass is 407 g/mol. The highest BCUT2D eigenvalue weighted by molar-refractivity contribution is 5.95. The van der Waals surface area contributed by atoms with Crippen LogP contribution >= 0.6 is 12.4 Å². The van der Waals surface area contributed by atoms with Gasteiger partial charge in [-0.2, -0.15) is 0 Å². The molecule has 1 aliphatic heterocycles. The number of morpholine rings is 1. The highest BCUT2D eigenvalue weighted by atomic mass is 35.5. The summed E-state index contributed by atoms with van der Waals surface area (Å²) in [6.45, 7) is 5.28. The zero-order chi connectivity index (χ0) is 18.8. The fourth-order valence-electron chi connectivity index (χ4n) is 4.46. The molecule has 2 aliphatic rings. The number of nitrogens with zero attached hydrogens (tertiary/aromatic N) is 1. The highest BCUT2D eigenvalue weighted by Gasteiger charge is 2.35. The third-order valence-corrected chi connectivity index (χ3v) is 5.89. The average molecular weight is 408 g/mol. The van der Waals surface area contributed by atoms with Crippen molar-refractivity contribution in [1.82, 2.24) is 9.88 Å². The molecule has 0 unspecified atom stereocenters. The van der Waals surface area contributed by atoms with E-state index >= 15 is 0 Å². The molecule has 0 radical (unpaired) electrons. The summed E-state index contributed by atoms with van der Waals surface area (Å²) in [6.07, 6.45) is 2.97. The number of anilines is 1. The first-order valence-electron chi connectivity index (χ1n) is 9.90. The molecule has 1 saturated heterocycles. The van der Waals surface area contributed by atoms with Crippen LogP contribution in [0.2, 0.25) is 0 Å². The smallest absolute Gasteiger partial charge is 0.227 e. The summed E-state index contributed by atoms with van der Waals surface area (Å²) in [7, 11) is 1.72. The predicted octanol–water partition coefficient (Wildman–Crippen LogP) is 3.11. The molecule has 2 N–H and O–H groups in total. The SMILES string of the molecule is COCCn1c(C)cc2cc(NC(=O)[C@H]3CC[C@H]4OCCN[C@@H]4C3)ccc21.Cl. The number of hydrogen-bond donors (Lipinski definition) is 2. The summed E-state index contributed by atoms with van der Waals surface area (Å²) in [6, 6.07) is 8.62. The van der Waals surface area contributed by atoms with E-state index in [4.69, 9.17) is 9.47 Å². The van der Waals surface area contributed by atoms with Gasteiger partial charge in [-0.25, -0.2) is 0 Å². The third kappa shape index (κ3) is 4.35. The molecule has 0 bridgehead atoms. The van der Waals surface area contributed by atoms with Gasteiger partial charge < -0.3 is 24.7 Å². The summed E-state index contributed by atoms with van der Waals surface area (Å²) in [4.78, 5) is 12.8. The van der Waals surface area contributed by atoms with Crippen LogP contribution in [-0.4, -0.2) is 49.5 Å². The Bertz CT molecular complexity index is 823. The van der Waals surface area contributed by atoms with E-state index in [1.807, 2.05) is 6.07 Å². The van der Waals surface area contributed by atoms with Crippen molar-refractivity contribution in [3.8, 4) is 0 Å². The van der Waals surface area contributed by atoms with Crippen molar-refractivity contribution in [3.05, 3.63) is 30.0 Å². The van der Waals surface area contributed by atoms with Crippen LogP contribution < -0.4 is 10.6 Å². The van der Waals surface area contributed by atoms with Gasteiger partial charge in [-0.05, 0) is 50.5 Å². The van der Waals surface area contributed by atoms with Gasteiger partial charge in [-0.3, -0.25) is 4.79 Å². The van der Waals surface area contributed by atoms with Crippen LogP contribution in [0, 0.1) is 12.8 Å². The van der Waals surface area contributed by atoms with Gasteiger partial charge in [0.05, 0.1) is 19.3 Å². The molecule has 6 nitrogen and oxygen atoms in total. The topological polar surface area (TPSA) is 64.5 Å². The number of aromatic nitrogens is 1. The van der Waals surface area contributed by atoms with Gasteiger partial charge >= 0.3 is 0 Å². The summed E-state index contributed by atoms with van der Waals surface area (Å²) in [5.41, 5.74) is 3.24. The quantitative estimate of drug-likeness (QED) is 0.799. The first kappa shape index (κ1) is 21.1. The number of benzene rings is 1. The van der Waals surface area contributed by atoms with E-state index in [0.717, 1.165) is 50.0 Å². The van der Waals surface area contributed by atoms with Crippen molar-refractivity contribution in [3.63, 3.8) is 0 Å². The number of carbonyl (C=O) groups excluding carboxylic acids is 1. The van der Waals surface area contributed by atoms with E-state index in [1.54, 1.807) is 7.11 Å². The largest absolute Gasteiger partial charge is 0.383 e. The Morgan fingerprint density at radius 2 is 2.21 bits per heavy atom. The van der Waals surface area contributed by atoms with Crippen molar-refractivity contribution in [2.75, 3.05) is 32.2 Å². The molecular formula is C21H30ClN3O3. The third-order valence-electron chi connectivity index (χ3n) is 5.89. The number of methoxy groups -OCH3 is 1. The van der Waals surface area contributed by atoms with Gasteiger partial charge in [0, 0.05) is 54.4 Å². The zero-order valence-corrected chi connectivity index (χ0v) is 17.4. The number of aryl methyl sites for hydroxylation is 1. The van der Waals surface area contributed by atoms with E-state index < -0.39 is 0 Å². The Hall–Kier alpha value is -1.60. The molecule has 28 heavy (non-hydrogen) atoms. The number of rotatable bonds is 5. The molecule has 2 aromatic rings. The number of nitrogens with one attached hydrogen (secondary N) is 2. The zero-order valence-electron chi connectivity index (χ0n) is 16.6. The van der Waals surface area contributed by atoms with Crippen LogP contribution in [-0.2, 0) is 20.8 Å². The maximum atomic E-state index is 12.8. The van der Waals surface area contributed by atoms with Crippen molar-refractivity contribution in [1.29, 1.82) is 0 Å². The molecule has 2 fully saturated rings. The van der Waals surface area contributed by atoms with Crippen LogP contribution in [0.25, 0.3) is 10.9 Å². The van der Waals surface area contributed by atoms with Crippen LogP contribution in [0.5, 0.6) is 0 Å². The lowest BCUT2D eigenvalue weighted by Gasteiger charge is -2.39. The van der Waals surface area contributed by atoms with Crippen LogP contribution in [0.15, 0.2) is 24.3 Å². The van der Waals surface area contributed by atoms with Gasteiger partial charge in [0.25, 0.3) is 0 Å². The molecule has 0 spiro atoms. The van der Waals surface area contributed by atoms with Gasteiger partial charge in [0.1, 0.15) is 0 Å². The van der Waals surface area contributed by atoms with Gasteiger partial charge in [0.2, 0.25) is 5.91 Å². The first-order chi connectivity index (χ1) is 13.2. The van der Waals surface area contributed by atoms with Gasteiger partial charge in [-0.1, -0.05) is 0 Å². The molecule has 1 aromatic carbocycles. The summed E-state index contributed by atoms with van der Waals surface area (Å²) in [5.74, 6) is 0.167. The number of fused-ring (bicyclic) bond motifs is 2. The van der Waals surface area contributed by atoms with E-state index in [9.17, 15) is 4.79 Å². The second kappa shape index (κ2) is 9.27. The number of halogens is 1. The molecule has 1 aromatic heterocycles. The fourth-order valence-corrected chi connectivity index (χ4v) is 4.46. The first-order valence-corrected chi connectivity index (χ1v) is 9.90. The minimum Gasteiger partial charge on any atom is -0.383 e. The molecule has 1 aliphatic carbocycles. The second-order valence-corrected chi connectivity index (χ2v) is 7.67. The minimum atomic E-state index is 0. The van der Waals surface area contributed by atoms with Crippen molar-refractivity contribution in [2.45, 2.75) is 44.9 Å². The van der Waals surface area contributed by atoms with E-state index in [0.29, 0.717) is 12.6 Å². The maximum absolute atomic E-state index is 12.8. The second-order valence-electron chi connectivity index (χ2n) is 7.67.